The summed E-state index contributed by atoms with van der Waals surface area (Å²) in [5.74, 6) is 1.23. The van der Waals surface area contributed by atoms with Gasteiger partial charge in [0, 0.05) is 50.0 Å². The molecule has 1 unspecified atom stereocenters. The van der Waals surface area contributed by atoms with Crippen molar-refractivity contribution in [3.63, 3.8) is 0 Å². The Morgan fingerprint density at radius 1 is 0.617 bits per heavy atom. The highest BCUT2D eigenvalue weighted by molar-refractivity contribution is 6.12. The molecule has 0 bridgehead atoms. The number of nitriles is 1. The predicted octanol–water partition coefficient (Wildman–Crippen LogP) is 11.3. The van der Waals surface area contributed by atoms with E-state index in [1.807, 2.05) is 24.3 Å². The molecule has 1 aliphatic carbocycles. The van der Waals surface area contributed by atoms with E-state index in [4.69, 9.17) is 8.83 Å². The number of benzene rings is 6. The number of hydrogen-bond donors (Lipinski definition) is 0. The van der Waals surface area contributed by atoms with E-state index >= 15 is 0 Å². The topological polar surface area (TPSA) is 55.0 Å². The molecule has 0 N–H and O–H groups in total. The van der Waals surface area contributed by atoms with Crippen molar-refractivity contribution in [1.82, 2.24) is 4.57 Å². The zero-order valence-electron chi connectivity index (χ0n) is 25.3. The van der Waals surface area contributed by atoms with Gasteiger partial charge in [-0.1, -0.05) is 91.0 Å². The zero-order valence-corrected chi connectivity index (χ0v) is 25.3. The van der Waals surface area contributed by atoms with Gasteiger partial charge in [0.2, 0.25) is 0 Å². The van der Waals surface area contributed by atoms with Crippen molar-refractivity contribution in [3.05, 3.63) is 156 Å². The minimum atomic E-state index is 0.305. The van der Waals surface area contributed by atoms with Crippen molar-refractivity contribution < 1.29 is 8.83 Å². The molecule has 0 amide bonds. The Morgan fingerprint density at radius 2 is 1.34 bits per heavy atom. The van der Waals surface area contributed by atoms with Gasteiger partial charge >= 0.3 is 0 Å². The van der Waals surface area contributed by atoms with Crippen LogP contribution in [0, 0.1) is 11.3 Å². The van der Waals surface area contributed by atoms with Crippen molar-refractivity contribution in [2.24, 2.45) is 0 Å². The number of fused-ring (bicyclic) bond motifs is 9. The Morgan fingerprint density at radius 3 is 2.13 bits per heavy atom. The lowest BCUT2D eigenvalue weighted by Crippen LogP contribution is -2.04. The van der Waals surface area contributed by atoms with Crippen LogP contribution in [0.4, 0.5) is 0 Å². The summed E-state index contributed by atoms with van der Waals surface area (Å²) in [6.07, 6.45) is 5.25. The first-order valence-corrected chi connectivity index (χ1v) is 15.9. The fourth-order valence-corrected chi connectivity index (χ4v) is 7.64. The molecule has 220 valence electrons. The Labute approximate surface area is 270 Å². The molecule has 0 saturated heterocycles. The molecule has 0 aliphatic heterocycles. The van der Waals surface area contributed by atoms with Gasteiger partial charge in [0.05, 0.1) is 22.3 Å². The third-order valence-corrected chi connectivity index (χ3v) is 9.82. The molecule has 10 rings (SSSR count). The fourth-order valence-electron chi connectivity index (χ4n) is 7.64. The maximum Gasteiger partial charge on any atom is 0.139 e. The average molecular weight is 603 g/mol. The second-order valence-electron chi connectivity index (χ2n) is 12.4. The fraction of sp³-hybridized carbons (Fsp3) is 0.0465. The third kappa shape index (κ3) is 3.81. The molecule has 6 aromatic carbocycles. The molecule has 0 fully saturated rings. The SMILES string of the molecule is N#Cc1cccc(-c2ccc3oc4cc5oc6c(c5cc4c3c2)CC(c2ccccc2)C=C6)c1-n1c2ccccc2c2ccccc21. The average Bonchev–Trinajstić information content (AvgIpc) is 3.78. The van der Waals surface area contributed by atoms with Crippen LogP contribution in [0.3, 0.4) is 0 Å². The number of nitrogens with zero attached hydrogens (tertiary/aromatic N) is 2. The van der Waals surface area contributed by atoms with Crippen LogP contribution in [0.2, 0.25) is 0 Å². The lowest BCUT2D eigenvalue weighted by atomic mass is 9.87. The van der Waals surface area contributed by atoms with Gasteiger partial charge in [-0.2, -0.15) is 5.26 Å². The van der Waals surface area contributed by atoms with Gasteiger partial charge in [0.15, 0.2) is 0 Å². The standard InChI is InChI=1S/C43H26N2O2/c44-25-29-11-8-14-30(43(29)45-37-15-6-4-12-31(37)32-13-5-7-16-38(32)45)28-18-20-40-34(22-28)36-23-35-33-21-27(26-9-2-1-3-10-26)17-19-39(33)46-41(35)24-42(36)47-40/h1-20,22-24,27H,21H2. The Balaban J connectivity index is 1.18. The van der Waals surface area contributed by atoms with Crippen molar-refractivity contribution in [2.45, 2.75) is 12.3 Å². The van der Waals surface area contributed by atoms with Crippen LogP contribution in [-0.4, -0.2) is 4.57 Å². The van der Waals surface area contributed by atoms with Gasteiger partial charge in [0.1, 0.15) is 28.6 Å². The van der Waals surface area contributed by atoms with Crippen LogP contribution in [-0.2, 0) is 6.42 Å². The number of para-hydroxylation sites is 3. The molecule has 3 heterocycles. The smallest absolute Gasteiger partial charge is 0.139 e. The summed E-state index contributed by atoms with van der Waals surface area (Å²) in [6.45, 7) is 0. The maximum atomic E-state index is 10.4. The second kappa shape index (κ2) is 9.84. The van der Waals surface area contributed by atoms with Crippen LogP contribution in [0.25, 0.3) is 77.6 Å². The van der Waals surface area contributed by atoms with E-state index < -0.39 is 0 Å². The van der Waals surface area contributed by atoms with Crippen molar-refractivity contribution in [1.29, 1.82) is 5.26 Å². The van der Waals surface area contributed by atoms with E-state index in [1.54, 1.807) is 0 Å². The van der Waals surface area contributed by atoms with E-state index in [0.29, 0.717) is 11.5 Å². The monoisotopic (exact) mass is 602 g/mol. The van der Waals surface area contributed by atoms with Gasteiger partial charge in [-0.15, -0.1) is 0 Å². The summed E-state index contributed by atoms with van der Waals surface area (Å²) >= 11 is 0. The lowest BCUT2D eigenvalue weighted by molar-refractivity contribution is 0.590. The quantitative estimate of drug-likeness (QED) is 0.202. The number of hydrogen-bond acceptors (Lipinski definition) is 3. The molecule has 1 atom stereocenters. The van der Waals surface area contributed by atoms with Crippen molar-refractivity contribution >= 4 is 60.8 Å². The molecule has 4 nitrogen and oxygen atoms in total. The van der Waals surface area contributed by atoms with Crippen LogP contribution in [0.15, 0.2) is 142 Å². The van der Waals surface area contributed by atoms with Gasteiger partial charge in [-0.25, -0.2) is 0 Å². The molecule has 0 radical (unpaired) electrons. The van der Waals surface area contributed by atoms with Crippen molar-refractivity contribution in [3.8, 4) is 22.9 Å². The molecule has 9 aromatic rings. The first kappa shape index (κ1) is 26.0. The maximum absolute atomic E-state index is 10.4. The largest absolute Gasteiger partial charge is 0.456 e. The highest BCUT2D eigenvalue weighted by Crippen LogP contribution is 2.42. The Kier molecular flexibility index (Phi) is 5.44. The van der Waals surface area contributed by atoms with E-state index in [9.17, 15) is 5.26 Å². The van der Waals surface area contributed by atoms with Gasteiger partial charge in [-0.05, 0) is 60.0 Å². The first-order chi connectivity index (χ1) is 23.2. The second-order valence-corrected chi connectivity index (χ2v) is 12.4. The zero-order chi connectivity index (χ0) is 31.1. The van der Waals surface area contributed by atoms with Gasteiger partial charge in [-0.3, -0.25) is 0 Å². The van der Waals surface area contributed by atoms with Gasteiger partial charge < -0.3 is 13.4 Å². The Bertz CT molecular complexity index is 2730. The molecular weight excluding hydrogens is 576 g/mol. The van der Waals surface area contributed by atoms with Crippen molar-refractivity contribution in [2.75, 3.05) is 0 Å². The number of aromatic nitrogens is 1. The van der Waals surface area contributed by atoms with Crippen LogP contribution in [0.5, 0.6) is 0 Å². The molecule has 0 saturated carbocycles. The van der Waals surface area contributed by atoms with E-state index in [-0.39, 0.29) is 0 Å². The normalized spacial score (nSPS) is 14.4. The number of rotatable bonds is 3. The highest BCUT2D eigenvalue weighted by Gasteiger charge is 2.24. The summed E-state index contributed by atoms with van der Waals surface area (Å²) in [5.41, 5.74) is 10.7. The summed E-state index contributed by atoms with van der Waals surface area (Å²) < 4.78 is 15.0. The van der Waals surface area contributed by atoms with Gasteiger partial charge in [0.25, 0.3) is 0 Å². The van der Waals surface area contributed by atoms with E-state index in [1.165, 1.54) is 11.1 Å². The summed E-state index contributed by atoms with van der Waals surface area (Å²) in [5, 5.41) is 15.9. The third-order valence-electron chi connectivity index (χ3n) is 9.82. The minimum absolute atomic E-state index is 0.305. The lowest BCUT2D eigenvalue weighted by Gasteiger charge is -2.16. The summed E-state index contributed by atoms with van der Waals surface area (Å²) in [7, 11) is 0. The predicted molar refractivity (Wildman–Crippen MR) is 190 cm³/mol. The molecule has 47 heavy (non-hydrogen) atoms. The molecule has 3 aromatic heterocycles. The minimum Gasteiger partial charge on any atom is -0.456 e. The molecule has 4 heteroatoms. The van der Waals surface area contributed by atoms with Crippen LogP contribution in [0.1, 0.15) is 28.4 Å². The molecular formula is C43H26N2O2. The van der Waals surface area contributed by atoms with E-state index in [0.717, 1.165) is 83.7 Å². The number of allylic oxidation sites excluding steroid dienone is 1. The van der Waals surface area contributed by atoms with Crippen LogP contribution < -0.4 is 0 Å². The summed E-state index contributed by atoms with van der Waals surface area (Å²) in [6, 6.07) is 46.6. The summed E-state index contributed by atoms with van der Waals surface area (Å²) in [4.78, 5) is 0. The molecule has 1 aliphatic rings. The van der Waals surface area contributed by atoms with Crippen LogP contribution >= 0.6 is 0 Å². The highest BCUT2D eigenvalue weighted by atomic mass is 16.3. The number of furan rings is 2. The molecule has 0 spiro atoms. The first-order valence-electron chi connectivity index (χ1n) is 15.9. The van der Waals surface area contributed by atoms with E-state index in [2.05, 4.69) is 126 Å². The Hall–Kier alpha value is -6.31.